The molecule has 0 spiro atoms. The van der Waals surface area contributed by atoms with Crippen LogP contribution in [0.3, 0.4) is 0 Å². The van der Waals surface area contributed by atoms with Crippen LogP contribution in [0, 0.1) is 5.82 Å². The van der Waals surface area contributed by atoms with Gasteiger partial charge in [-0.15, -0.1) is 0 Å². The van der Waals surface area contributed by atoms with E-state index in [0.717, 1.165) is 19.3 Å². The third-order valence-electron chi connectivity index (χ3n) is 3.74. The number of likely N-dealkylation sites (tertiary alicyclic amines) is 1. The maximum absolute atomic E-state index is 13.1. The van der Waals surface area contributed by atoms with Crippen molar-refractivity contribution < 1.29 is 19.1 Å². The zero-order chi connectivity index (χ0) is 15.4. The molecule has 1 N–H and O–H groups in total. The lowest BCUT2D eigenvalue weighted by Crippen LogP contribution is -2.44. The van der Waals surface area contributed by atoms with Crippen molar-refractivity contribution in [2.24, 2.45) is 0 Å². The highest BCUT2D eigenvalue weighted by Crippen LogP contribution is 2.26. The Hall–Kier alpha value is -1.43. The minimum absolute atomic E-state index is 0.0546. The van der Waals surface area contributed by atoms with Gasteiger partial charge in [-0.2, -0.15) is 0 Å². The fourth-order valence-corrected chi connectivity index (χ4v) is 3.20. The number of aliphatic carboxylic acids is 1. The van der Waals surface area contributed by atoms with Crippen molar-refractivity contribution in [3.63, 3.8) is 0 Å². The molecule has 0 aromatic heterocycles. The Balaban J connectivity index is 2.16. The van der Waals surface area contributed by atoms with Gasteiger partial charge in [-0.1, -0.05) is 0 Å². The summed E-state index contributed by atoms with van der Waals surface area (Å²) < 4.78 is 13.5. The highest BCUT2D eigenvalue weighted by atomic mass is 79.9. The highest BCUT2D eigenvalue weighted by molar-refractivity contribution is 9.10. The third-order valence-corrected chi connectivity index (χ3v) is 4.40. The van der Waals surface area contributed by atoms with Crippen LogP contribution in [0.2, 0.25) is 0 Å². The van der Waals surface area contributed by atoms with Crippen LogP contribution in [-0.2, 0) is 4.79 Å². The summed E-state index contributed by atoms with van der Waals surface area (Å²) in [7, 11) is 0. The molecule has 0 saturated carbocycles. The van der Waals surface area contributed by atoms with Crippen LogP contribution in [-0.4, -0.2) is 34.5 Å². The van der Waals surface area contributed by atoms with Crippen LogP contribution in [0.1, 0.15) is 42.5 Å². The van der Waals surface area contributed by atoms with E-state index in [0.29, 0.717) is 23.0 Å². The Morgan fingerprint density at radius 1 is 1.38 bits per heavy atom. The molecule has 6 heteroatoms. The van der Waals surface area contributed by atoms with Crippen molar-refractivity contribution in [3.05, 3.63) is 34.1 Å². The lowest BCUT2D eigenvalue weighted by Gasteiger charge is -2.36. The summed E-state index contributed by atoms with van der Waals surface area (Å²) in [5, 5.41) is 8.81. The lowest BCUT2D eigenvalue weighted by molar-refractivity contribution is -0.137. The average Bonchev–Trinajstić information content (AvgIpc) is 2.45. The summed E-state index contributed by atoms with van der Waals surface area (Å²) in [5.74, 6) is -1.42. The van der Waals surface area contributed by atoms with Gasteiger partial charge in [-0.25, -0.2) is 4.39 Å². The van der Waals surface area contributed by atoms with Gasteiger partial charge in [0.25, 0.3) is 5.91 Å². The summed E-state index contributed by atoms with van der Waals surface area (Å²) in [6.07, 6.45) is 3.24. The average molecular weight is 358 g/mol. The van der Waals surface area contributed by atoms with Gasteiger partial charge >= 0.3 is 5.97 Å². The van der Waals surface area contributed by atoms with Crippen molar-refractivity contribution >= 4 is 27.8 Å². The van der Waals surface area contributed by atoms with E-state index in [1.54, 1.807) is 4.90 Å². The first-order valence-electron chi connectivity index (χ1n) is 6.97. The highest BCUT2D eigenvalue weighted by Gasteiger charge is 2.28. The number of amides is 1. The second-order valence-corrected chi connectivity index (χ2v) is 6.06. The molecule has 0 aliphatic carbocycles. The molecular weight excluding hydrogens is 341 g/mol. The molecule has 114 valence electrons. The van der Waals surface area contributed by atoms with Gasteiger partial charge in [0, 0.05) is 23.5 Å². The molecule has 1 saturated heterocycles. The van der Waals surface area contributed by atoms with E-state index in [4.69, 9.17) is 5.11 Å². The predicted octanol–water partition coefficient (Wildman–Crippen LogP) is 3.45. The Labute approximate surface area is 131 Å². The maximum Gasteiger partial charge on any atom is 0.303 e. The van der Waals surface area contributed by atoms with E-state index in [9.17, 15) is 14.0 Å². The summed E-state index contributed by atoms with van der Waals surface area (Å²) in [5.41, 5.74) is 0.415. The molecule has 1 aromatic carbocycles. The van der Waals surface area contributed by atoms with Crippen molar-refractivity contribution in [1.29, 1.82) is 0 Å². The number of carbonyl (C=O) groups excluding carboxylic acids is 1. The zero-order valence-corrected chi connectivity index (χ0v) is 13.1. The van der Waals surface area contributed by atoms with Crippen molar-refractivity contribution in [3.8, 4) is 0 Å². The quantitative estimate of drug-likeness (QED) is 0.897. The van der Waals surface area contributed by atoms with Gasteiger partial charge in [0.15, 0.2) is 0 Å². The fourth-order valence-electron chi connectivity index (χ4n) is 2.68. The molecular formula is C15H17BrFNO3. The Morgan fingerprint density at radius 2 is 2.14 bits per heavy atom. The maximum atomic E-state index is 13.1. The number of nitrogens with zero attached hydrogens (tertiary/aromatic N) is 1. The number of benzene rings is 1. The van der Waals surface area contributed by atoms with Crippen LogP contribution in [0.15, 0.2) is 22.7 Å². The summed E-state index contributed by atoms with van der Waals surface area (Å²) in [6, 6.07) is 3.93. The molecule has 1 amide bonds. The van der Waals surface area contributed by atoms with Crippen LogP contribution < -0.4 is 0 Å². The largest absolute Gasteiger partial charge is 0.481 e. The van der Waals surface area contributed by atoms with Gasteiger partial charge in [-0.3, -0.25) is 9.59 Å². The molecule has 1 heterocycles. The number of hydrogen-bond donors (Lipinski definition) is 1. The molecule has 1 aromatic rings. The zero-order valence-electron chi connectivity index (χ0n) is 11.5. The van der Waals surface area contributed by atoms with Gasteiger partial charge < -0.3 is 10.0 Å². The van der Waals surface area contributed by atoms with Crippen molar-refractivity contribution in [2.45, 2.75) is 38.1 Å². The molecule has 1 aliphatic heterocycles. The molecule has 1 aliphatic rings. The number of carboxylic acids is 1. The molecule has 4 nitrogen and oxygen atoms in total. The van der Waals surface area contributed by atoms with E-state index < -0.39 is 11.8 Å². The minimum Gasteiger partial charge on any atom is -0.481 e. The van der Waals surface area contributed by atoms with Gasteiger partial charge in [-0.05, 0) is 59.8 Å². The van der Waals surface area contributed by atoms with Crippen LogP contribution >= 0.6 is 15.9 Å². The Kier molecular flexibility index (Phi) is 5.33. The molecule has 21 heavy (non-hydrogen) atoms. The number of halogens is 2. The van der Waals surface area contributed by atoms with Gasteiger partial charge in [0.05, 0.1) is 5.56 Å². The van der Waals surface area contributed by atoms with Crippen LogP contribution in [0.25, 0.3) is 0 Å². The Bertz CT molecular complexity index is 550. The number of hydrogen-bond acceptors (Lipinski definition) is 2. The smallest absolute Gasteiger partial charge is 0.303 e. The second-order valence-electron chi connectivity index (χ2n) is 5.20. The first kappa shape index (κ1) is 15.9. The third kappa shape index (κ3) is 4.03. The van der Waals surface area contributed by atoms with Crippen molar-refractivity contribution in [1.82, 2.24) is 4.90 Å². The Morgan fingerprint density at radius 3 is 2.81 bits per heavy atom. The van der Waals surface area contributed by atoms with E-state index in [1.807, 2.05) is 0 Å². The predicted molar refractivity (Wildman–Crippen MR) is 79.6 cm³/mol. The van der Waals surface area contributed by atoms with E-state index >= 15 is 0 Å². The summed E-state index contributed by atoms with van der Waals surface area (Å²) >= 11 is 3.21. The summed E-state index contributed by atoms with van der Waals surface area (Å²) in [6.45, 7) is 0.618. The number of rotatable bonds is 4. The van der Waals surface area contributed by atoms with E-state index in [1.165, 1.54) is 18.2 Å². The monoisotopic (exact) mass is 357 g/mol. The number of carboxylic acid groups (broad SMARTS) is 1. The lowest BCUT2D eigenvalue weighted by atomic mass is 9.97. The van der Waals surface area contributed by atoms with E-state index in [-0.39, 0.29) is 18.4 Å². The molecule has 0 radical (unpaired) electrons. The number of carbonyl (C=O) groups is 2. The standard InChI is InChI=1S/C15H17BrFNO3/c16-13-9-10(17)4-6-12(13)15(21)18-8-2-1-3-11(18)5-7-14(19)20/h4,6,9,11H,1-3,5,7-8H2,(H,19,20). The first-order chi connectivity index (χ1) is 9.99. The molecule has 1 unspecified atom stereocenters. The second kappa shape index (κ2) is 7.02. The van der Waals surface area contributed by atoms with Gasteiger partial charge in [0.1, 0.15) is 5.82 Å². The van der Waals surface area contributed by atoms with Crippen LogP contribution in [0.5, 0.6) is 0 Å². The fraction of sp³-hybridized carbons (Fsp3) is 0.467. The number of piperidine rings is 1. The topological polar surface area (TPSA) is 57.6 Å². The first-order valence-corrected chi connectivity index (χ1v) is 7.76. The SMILES string of the molecule is O=C(O)CCC1CCCCN1C(=O)c1ccc(F)cc1Br. The van der Waals surface area contributed by atoms with Crippen molar-refractivity contribution in [2.75, 3.05) is 6.54 Å². The molecule has 0 bridgehead atoms. The molecule has 2 rings (SSSR count). The normalized spacial score (nSPS) is 18.6. The van der Waals surface area contributed by atoms with Crippen LogP contribution in [0.4, 0.5) is 4.39 Å². The van der Waals surface area contributed by atoms with Gasteiger partial charge in [0.2, 0.25) is 0 Å². The molecule has 1 atom stereocenters. The molecule has 1 fully saturated rings. The van der Waals surface area contributed by atoms with E-state index in [2.05, 4.69) is 15.9 Å². The summed E-state index contributed by atoms with van der Waals surface area (Å²) in [4.78, 5) is 25.1. The minimum atomic E-state index is -0.851.